The van der Waals surface area contributed by atoms with Crippen LogP contribution in [0.3, 0.4) is 0 Å². The first-order valence-electron chi connectivity index (χ1n) is 13.5. The number of carbonyl (C=O) groups is 2. The Balaban J connectivity index is 2.14. The standard InChI is InChI=1S/C28H50N2O2/c1-3-5-7-9-11-13-15-17-22-27(31)29-25-26-21-19-20-24-30(26)28(32)23-18-16-14-12-10-8-6-4-2/h3-4,26H,1-2,5-25H2,(H,29,31). The van der Waals surface area contributed by atoms with Crippen LogP contribution in [0.5, 0.6) is 0 Å². The van der Waals surface area contributed by atoms with Crippen LogP contribution in [0.1, 0.15) is 122 Å². The third kappa shape index (κ3) is 14.5. The molecule has 1 N–H and O–H groups in total. The maximum absolute atomic E-state index is 12.8. The van der Waals surface area contributed by atoms with Crippen molar-refractivity contribution in [3.05, 3.63) is 25.3 Å². The molecule has 0 saturated carbocycles. The largest absolute Gasteiger partial charge is 0.354 e. The van der Waals surface area contributed by atoms with Crippen LogP contribution in [0, 0.1) is 0 Å². The van der Waals surface area contributed by atoms with E-state index in [1.807, 2.05) is 12.2 Å². The van der Waals surface area contributed by atoms with Crippen molar-refractivity contribution in [2.75, 3.05) is 13.1 Å². The monoisotopic (exact) mass is 446 g/mol. The summed E-state index contributed by atoms with van der Waals surface area (Å²) < 4.78 is 0. The lowest BCUT2D eigenvalue weighted by atomic mass is 10.0. The Kier molecular flexibility index (Phi) is 17.8. The Labute approximate surface area is 198 Å². The average Bonchev–Trinajstić information content (AvgIpc) is 2.81. The Morgan fingerprint density at radius 1 is 0.750 bits per heavy atom. The molecule has 1 rings (SSSR count). The van der Waals surface area contributed by atoms with Gasteiger partial charge in [-0.2, -0.15) is 0 Å². The van der Waals surface area contributed by atoms with Gasteiger partial charge in [0, 0.05) is 32.0 Å². The highest BCUT2D eigenvalue weighted by molar-refractivity contribution is 5.77. The Bertz CT molecular complexity index is 518. The van der Waals surface area contributed by atoms with E-state index in [0.717, 1.165) is 64.3 Å². The number of unbranched alkanes of at least 4 members (excludes halogenated alkanes) is 12. The van der Waals surface area contributed by atoms with Gasteiger partial charge in [-0.25, -0.2) is 0 Å². The van der Waals surface area contributed by atoms with Crippen LogP contribution in [0.4, 0.5) is 0 Å². The van der Waals surface area contributed by atoms with Crippen molar-refractivity contribution in [3.63, 3.8) is 0 Å². The summed E-state index contributed by atoms with van der Waals surface area (Å²) >= 11 is 0. The smallest absolute Gasteiger partial charge is 0.222 e. The van der Waals surface area contributed by atoms with E-state index in [4.69, 9.17) is 0 Å². The SMILES string of the molecule is C=CCCCCCCCCC(=O)NCC1CCCCN1C(=O)CCCCCCCCC=C. The molecule has 1 heterocycles. The minimum absolute atomic E-state index is 0.145. The third-order valence-corrected chi connectivity index (χ3v) is 6.59. The van der Waals surface area contributed by atoms with E-state index >= 15 is 0 Å². The predicted octanol–water partition coefficient (Wildman–Crippen LogP) is 7.10. The van der Waals surface area contributed by atoms with Crippen LogP contribution in [0.15, 0.2) is 25.3 Å². The zero-order valence-corrected chi connectivity index (χ0v) is 20.8. The molecule has 0 radical (unpaired) electrons. The zero-order valence-electron chi connectivity index (χ0n) is 20.8. The molecular formula is C28H50N2O2. The van der Waals surface area contributed by atoms with Gasteiger partial charge < -0.3 is 10.2 Å². The number of carbonyl (C=O) groups excluding carboxylic acids is 2. The van der Waals surface area contributed by atoms with Crippen molar-refractivity contribution in [1.29, 1.82) is 0 Å². The Morgan fingerprint density at radius 2 is 1.28 bits per heavy atom. The fourth-order valence-electron chi connectivity index (χ4n) is 4.56. The van der Waals surface area contributed by atoms with Crippen LogP contribution in [-0.4, -0.2) is 35.8 Å². The second-order valence-corrected chi connectivity index (χ2v) is 9.44. The number of hydrogen-bond donors (Lipinski definition) is 1. The van der Waals surface area contributed by atoms with Gasteiger partial charge in [0.25, 0.3) is 0 Å². The summed E-state index contributed by atoms with van der Waals surface area (Å²) in [7, 11) is 0. The maximum Gasteiger partial charge on any atom is 0.222 e. The molecule has 1 fully saturated rings. The highest BCUT2D eigenvalue weighted by Crippen LogP contribution is 2.19. The number of nitrogens with zero attached hydrogens (tertiary/aromatic N) is 1. The van der Waals surface area contributed by atoms with Gasteiger partial charge in [-0.15, -0.1) is 13.2 Å². The Hall–Kier alpha value is -1.58. The van der Waals surface area contributed by atoms with E-state index in [2.05, 4.69) is 23.4 Å². The second-order valence-electron chi connectivity index (χ2n) is 9.44. The van der Waals surface area contributed by atoms with Gasteiger partial charge in [0.15, 0.2) is 0 Å². The van der Waals surface area contributed by atoms with Crippen LogP contribution in [-0.2, 0) is 9.59 Å². The van der Waals surface area contributed by atoms with Gasteiger partial charge >= 0.3 is 0 Å². The molecule has 1 aliphatic rings. The summed E-state index contributed by atoms with van der Waals surface area (Å²) in [4.78, 5) is 27.1. The molecular weight excluding hydrogens is 396 g/mol. The summed E-state index contributed by atoms with van der Waals surface area (Å²) in [5, 5.41) is 3.11. The summed E-state index contributed by atoms with van der Waals surface area (Å²) in [6.07, 6.45) is 24.9. The molecule has 1 saturated heterocycles. The van der Waals surface area contributed by atoms with Crippen LogP contribution >= 0.6 is 0 Å². The molecule has 0 spiro atoms. The molecule has 1 unspecified atom stereocenters. The van der Waals surface area contributed by atoms with Gasteiger partial charge in [0.05, 0.1) is 0 Å². The van der Waals surface area contributed by atoms with E-state index < -0.39 is 0 Å². The zero-order chi connectivity index (χ0) is 23.3. The highest BCUT2D eigenvalue weighted by atomic mass is 16.2. The molecule has 2 amide bonds. The van der Waals surface area contributed by atoms with E-state index in [1.165, 1.54) is 51.4 Å². The quantitative estimate of drug-likeness (QED) is 0.160. The molecule has 0 aromatic carbocycles. The van der Waals surface area contributed by atoms with Crippen molar-refractivity contribution in [2.45, 2.75) is 128 Å². The van der Waals surface area contributed by atoms with Crippen molar-refractivity contribution in [1.82, 2.24) is 10.2 Å². The summed E-state index contributed by atoms with van der Waals surface area (Å²) in [6, 6.07) is 0.184. The number of nitrogens with one attached hydrogen (secondary N) is 1. The van der Waals surface area contributed by atoms with E-state index in [1.54, 1.807) is 0 Å². The molecule has 0 aromatic rings. The molecule has 0 bridgehead atoms. The van der Waals surface area contributed by atoms with Gasteiger partial charge in [0.2, 0.25) is 11.8 Å². The lowest BCUT2D eigenvalue weighted by Gasteiger charge is -2.36. The first-order valence-corrected chi connectivity index (χ1v) is 13.5. The normalized spacial score (nSPS) is 16.0. The number of likely N-dealkylation sites (tertiary alicyclic amines) is 1. The topological polar surface area (TPSA) is 49.4 Å². The third-order valence-electron chi connectivity index (χ3n) is 6.59. The minimum atomic E-state index is 0.145. The summed E-state index contributed by atoms with van der Waals surface area (Å²) in [5.74, 6) is 0.429. The number of amides is 2. The molecule has 4 nitrogen and oxygen atoms in total. The van der Waals surface area contributed by atoms with Crippen molar-refractivity contribution in [3.8, 4) is 0 Å². The maximum atomic E-state index is 12.8. The molecule has 0 aromatic heterocycles. The number of piperidine rings is 1. The van der Waals surface area contributed by atoms with Gasteiger partial charge in [0.1, 0.15) is 0 Å². The van der Waals surface area contributed by atoms with Crippen molar-refractivity contribution >= 4 is 11.8 Å². The predicted molar refractivity (Wildman–Crippen MR) is 137 cm³/mol. The first-order chi connectivity index (χ1) is 15.7. The summed E-state index contributed by atoms with van der Waals surface area (Å²) in [6.45, 7) is 8.99. The highest BCUT2D eigenvalue weighted by Gasteiger charge is 2.26. The van der Waals surface area contributed by atoms with E-state index in [0.29, 0.717) is 19.4 Å². The van der Waals surface area contributed by atoms with Crippen LogP contribution in [0.2, 0.25) is 0 Å². The summed E-state index contributed by atoms with van der Waals surface area (Å²) in [5.41, 5.74) is 0. The van der Waals surface area contributed by atoms with Gasteiger partial charge in [-0.05, 0) is 57.8 Å². The number of rotatable bonds is 20. The molecule has 1 aliphatic heterocycles. The molecule has 1 atom stereocenters. The fraction of sp³-hybridized carbons (Fsp3) is 0.786. The molecule has 32 heavy (non-hydrogen) atoms. The lowest BCUT2D eigenvalue weighted by molar-refractivity contribution is -0.135. The number of allylic oxidation sites excluding steroid dienone is 2. The molecule has 4 heteroatoms. The van der Waals surface area contributed by atoms with Crippen molar-refractivity contribution in [2.24, 2.45) is 0 Å². The molecule has 0 aliphatic carbocycles. The Morgan fingerprint density at radius 3 is 1.88 bits per heavy atom. The van der Waals surface area contributed by atoms with E-state index in [9.17, 15) is 9.59 Å². The average molecular weight is 447 g/mol. The number of hydrogen-bond acceptors (Lipinski definition) is 2. The lowest BCUT2D eigenvalue weighted by Crippen LogP contribution is -2.49. The van der Waals surface area contributed by atoms with Gasteiger partial charge in [-0.1, -0.05) is 63.5 Å². The minimum Gasteiger partial charge on any atom is -0.354 e. The van der Waals surface area contributed by atoms with E-state index in [-0.39, 0.29) is 17.9 Å². The van der Waals surface area contributed by atoms with Crippen molar-refractivity contribution < 1.29 is 9.59 Å². The van der Waals surface area contributed by atoms with Crippen LogP contribution < -0.4 is 5.32 Å². The van der Waals surface area contributed by atoms with Gasteiger partial charge in [-0.3, -0.25) is 9.59 Å². The molecule has 184 valence electrons. The first kappa shape index (κ1) is 28.5. The second kappa shape index (κ2) is 20.1. The van der Waals surface area contributed by atoms with Crippen LogP contribution in [0.25, 0.3) is 0 Å². The fourth-order valence-corrected chi connectivity index (χ4v) is 4.56.